The topological polar surface area (TPSA) is 12.0 Å². The first kappa shape index (κ1) is 12.7. The molecule has 13 heavy (non-hydrogen) atoms. The van der Waals surface area contributed by atoms with Gasteiger partial charge in [-0.1, -0.05) is 32.9 Å². The van der Waals surface area contributed by atoms with Gasteiger partial charge in [-0.2, -0.15) is 0 Å². The molecule has 0 heterocycles. The van der Waals surface area contributed by atoms with E-state index in [0.717, 1.165) is 18.9 Å². The van der Waals surface area contributed by atoms with Crippen molar-refractivity contribution in [1.29, 1.82) is 0 Å². The lowest BCUT2D eigenvalue weighted by atomic mass is 10.0. The van der Waals surface area contributed by atoms with Gasteiger partial charge in [0.05, 0.1) is 0 Å². The van der Waals surface area contributed by atoms with Gasteiger partial charge in [0, 0.05) is 12.6 Å². The van der Waals surface area contributed by atoms with Crippen molar-refractivity contribution in [2.75, 3.05) is 6.54 Å². The van der Waals surface area contributed by atoms with Crippen LogP contribution in [0.4, 0.5) is 0 Å². The monoisotopic (exact) mass is 183 g/mol. The Morgan fingerprint density at radius 2 is 1.85 bits per heavy atom. The second-order valence-corrected chi connectivity index (χ2v) is 4.36. The third-order valence-corrected chi connectivity index (χ3v) is 2.38. The van der Waals surface area contributed by atoms with Crippen molar-refractivity contribution < 1.29 is 0 Å². The third-order valence-electron chi connectivity index (χ3n) is 2.38. The van der Waals surface area contributed by atoms with Crippen molar-refractivity contribution in [3.05, 3.63) is 12.2 Å². The van der Waals surface area contributed by atoms with Gasteiger partial charge in [-0.3, -0.25) is 0 Å². The lowest BCUT2D eigenvalue weighted by Gasteiger charge is -2.15. The van der Waals surface area contributed by atoms with Gasteiger partial charge in [0.15, 0.2) is 0 Å². The maximum atomic E-state index is 3.98. The zero-order chi connectivity index (χ0) is 10.3. The second kappa shape index (κ2) is 7.14. The summed E-state index contributed by atoms with van der Waals surface area (Å²) in [6.45, 7) is 13.9. The summed E-state index contributed by atoms with van der Waals surface area (Å²) < 4.78 is 0. The Bertz CT molecular complexity index is 138. The highest BCUT2D eigenvalue weighted by Gasteiger charge is 2.02. The zero-order valence-corrected chi connectivity index (χ0v) is 9.69. The standard InChI is InChI=1S/C12H25N/c1-6-11(4)9-13-12(5)8-7-10(2)3/h10,12-13H,4,6-9H2,1-3,5H3. The van der Waals surface area contributed by atoms with E-state index >= 15 is 0 Å². The van der Waals surface area contributed by atoms with Crippen molar-refractivity contribution in [3.8, 4) is 0 Å². The Hall–Kier alpha value is -0.300. The molecule has 0 saturated heterocycles. The van der Waals surface area contributed by atoms with Gasteiger partial charge in [0.1, 0.15) is 0 Å². The third kappa shape index (κ3) is 8.04. The predicted octanol–water partition coefficient (Wildman–Crippen LogP) is 3.37. The van der Waals surface area contributed by atoms with E-state index in [-0.39, 0.29) is 0 Å². The van der Waals surface area contributed by atoms with Crippen LogP contribution >= 0.6 is 0 Å². The molecule has 1 unspecified atom stereocenters. The summed E-state index contributed by atoms with van der Waals surface area (Å²) >= 11 is 0. The fraction of sp³-hybridized carbons (Fsp3) is 0.833. The van der Waals surface area contributed by atoms with Gasteiger partial charge in [-0.05, 0) is 32.1 Å². The molecule has 0 amide bonds. The molecule has 0 aromatic rings. The Labute approximate surface area is 83.6 Å². The van der Waals surface area contributed by atoms with Crippen LogP contribution in [0, 0.1) is 5.92 Å². The van der Waals surface area contributed by atoms with Crippen LogP contribution in [0.5, 0.6) is 0 Å². The molecule has 1 heteroatoms. The molecular formula is C12H25N. The molecule has 1 nitrogen and oxygen atoms in total. The summed E-state index contributed by atoms with van der Waals surface area (Å²) in [5.41, 5.74) is 1.30. The van der Waals surface area contributed by atoms with Crippen LogP contribution in [0.3, 0.4) is 0 Å². The fourth-order valence-electron chi connectivity index (χ4n) is 1.13. The van der Waals surface area contributed by atoms with Crippen molar-refractivity contribution in [2.24, 2.45) is 5.92 Å². The predicted molar refractivity (Wildman–Crippen MR) is 61.0 cm³/mol. The summed E-state index contributed by atoms with van der Waals surface area (Å²) in [6, 6.07) is 0.630. The number of rotatable bonds is 7. The van der Waals surface area contributed by atoms with Crippen molar-refractivity contribution in [3.63, 3.8) is 0 Å². The Morgan fingerprint density at radius 1 is 1.23 bits per heavy atom. The van der Waals surface area contributed by atoms with Crippen LogP contribution in [0.25, 0.3) is 0 Å². The van der Waals surface area contributed by atoms with Crippen molar-refractivity contribution >= 4 is 0 Å². The summed E-state index contributed by atoms with van der Waals surface area (Å²) in [7, 11) is 0. The van der Waals surface area contributed by atoms with Gasteiger partial charge in [0.2, 0.25) is 0 Å². The highest BCUT2D eigenvalue weighted by atomic mass is 14.9. The summed E-state index contributed by atoms with van der Waals surface area (Å²) in [4.78, 5) is 0. The number of nitrogens with one attached hydrogen (secondary N) is 1. The molecule has 0 saturated carbocycles. The van der Waals surface area contributed by atoms with Gasteiger partial charge >= 0.3 is 0 Å². The first-order chi connectivity index (χ1) is 6.06. The largest absolute Gasteiger partial charge is 0.311 e. The Morgan fingerprint density at radius 3 is 2.31 bits per heavy atom. The Kier molecular flexibility index (Phi) is 6.97. The first-order valence-corrected chi connectivity index (χ1v) is 5.46. The zero-order valence-electron chi connectivity index (χ0n) is 9.69. The maximum Gasteiger partial charge on any atom is 0.0164 e. The van der Waals surface area contributed by atoms with Crippen LogP contribution < -0.4 is 5.32 Å². The van der Waals surface area contributed by atoms with E-state index in [1.165, 1.54) is 18.4 Å². The van der Waals surface area contributed by atoms with Crippen LogP contribution in [0.1, 0.15) is 47.0 Å². The highest BCUT2D eigenvalue weighted by Crippen LogP contribution is 2.06. The van der Waals surface area contributed by atoms with E-state index in [4.69, 9.17) is 0 Å². The molecule has 0 aliphatic carbocycles. The lowest BCUT2D eigenvalue weighted by Crippen LogP contribution is -2.28. The molecule has 0 bridgehead atoms. The van der Waals surface area contributed by atoms with E-state index in [2.05, 4.69) is 39.6 Å². The number of hydrogen-bond acceptors (Lipinski definition) is 1. The van der Waals surface area contributed by atoms with Crippen LogP contribution in [0.2, 0.25) is 0 Å². The second-order valence-electron chi connectivity index (χ2n) is 4.36. The number of hydrogen-bond donors (Lipinski definition) is 1. The fourth-order valence-corrected chi connectivity index (χ4v) is 1.13. The van der Waals surface area contributed by atoms with Gasteiger partial charge in [0.25, 0.3) is 0 Å². The van der Waals surface area contributed by atoms with E-state index in [9.17, 15) is 0 Å². The van der Waals surface area contributed by atoms with E-state index < -0.39 is 0 Å². The average molecular weight is 183 g/mol. The Balaban J connectivity index is 3.40. The molecule has 1 N–H and O–H groups in total. The molecule has 0 radical (unpaired) electrons. The minimum Gasteiger partial charge on any atom is -0.311 e. The van der Waals surface area contributed by atoms with E-state index in [1.807, 2.05) is 0 Å². The van der Waals surface area contributed by atoms with Gasteiger partial charge in [-0.25, -0.2) is 0 Å². The lowest BCUT2D eigenvalue weighted by molar-refractivity contribution is 0.461. The summed E-state index contributed by atoms with van der Waals surface area (Å²) in [5.74, 6) is 0.818. The molecule has 0 aromatic carbocycles. The van der Waals surface area contributed by atoms with E-state index in [1.54, 1.807) is 0 Å². The summed E-state index contributed by atoms with van der Waals surface area (Å²) in [5, 5.41) is 3.49. The van der Waals surface area contributed by atoms with Crippen molar-refractivity contribution in [1.82, 2.24) is 5.32 Å². The molecule has 0 rings (SSSR count). The molecule has 0 spiro atoms. The SMILES string of the molecule is C=C(CC)CNC(C)CCC(C)C. The normalized spacial score (nSPS) is 13.3. The van der Waals surface area contributed by atoms with Crippen LogP contribution in [-0.2, 0) is 0 Å². The van der Waals surface area contributed by atoms with Crippen LogP contribution in [0.15, 0.2) is 12.2 Å². The minimum atomic E-state index is 0.630. The van der Waals surface area contributed by atoms with E-state index in [0.29, 0.717) is 6.04 Å². The molecule has 1 atom stereocenters. The molecular weight excluding hydrogens is 158 g/mol. The smallest absolute Gasteiger partial charge is 0.0164 e. The van der Waals surface area contributed by atoms with Gasteiger partial charge in [-0.15, -0.1) is 0 Å². The molecule has 78 valence electrons. The molecule has 0 aliphatic heterocycles. The maximum absolute atomic E-state index is 3.98. The average Bonchev–Trinajstić information content (AvgIpc) is 2.10. The molecule has 0 aromatic heterocycles. The van der Waals surface area contributed by atoms with Crippen molar-refractivity contribution in [2.45, 2.75) is 53.0 Å². The molecule has 0 aliphatic rings. The minimum absolute atomic E-state index is 0.630. The quantitative estimate of drug-likeness (QED) is 0.597. The van der Waals surface area contributed by atoms with Gasteiger partial charge < -0.3 is 5.32 Å². The molecule has 0 fully saturated rings. The highest BCUT2D eigenvalue weighted by molar-refractivity contribution is 4.95. The first-order valence-electron chi connectivity index (χ1n) is 5.46. The summed E-state index contributed by atoms with van der Waals surface area (Å²) in [6.07, 6.45) is 3.67. The van der Waals surface area contributed by atoms with Crippen LogP contribution in [-0.4, -0.2) is 12.6 Å².